The van der Waals surface area contributed by atoms with Crippen LogP contribution in [0.25, 0.3) is 11.3 Å². The quantitative estimate of drug-likeness (QED) is 0.940. The van der Waals surface area contributed by atoms with Gasteiger partial charge in [-0.15, -0.1) is 0 Å². The summed E-state index contributed by atoms with van der Waals surface area (Å²) in [4.78, 5) is 4.05. The van der Waals surface area contributed by atoms with Crippen LogP contribution in [0.2, 0.25) is 0 Å². The van der Waals surface area contributed by atoms with Crippen molar-refractivity contribution in [1.29, 1.82) is 0 Å². The number of nitrogens with zero attached hydrogens (tertiary/aromatic N) is 1. The fourth-order valence-corrected chi connectivity index (χ4v) is 1.79. The van der Waals surface area contributed by atoms with Crippen LogP contribution in [0.15, 0.2) is 33.3 Å². The van der Waals surface area contributed by atoms with Crippen LogP contribution < -0.4 is 10.5 Å². The zero-order valence-electron chi connectivity index (χ0n) is 8.74. The molecule has 2 aromatic rings. The molecule has 2 rings (SSSR count). The summed E-state index contributed by atoms with van der Waals surface area (Å²) in [5.41, 5.74) is 6.34. The summed E-state index contributed by atoms with van der Waals surface area (Å²) in [6.07, 6.45) is 1.65. The predicted molar refractivity (Wildman–Crippen MR) is 64.1 cm³/mol. The van der Waals surface area contributed by atoms with E-state index in [1.807, 2.05) is 18.2 Å². The summed E-state index contributed by atoms with van der Waals surface area (Å²) < 4.78 is 11.6. The molecule has 0 spiro atoms. The van der Waals surface area contributed by atoms with Crippen molar-refractivity contribution in [3.05, 3.63) is 34.8 Å². The van der Waals surface area contributed by atoms with Gasteiger partial charge in [0.2, 0.25) is 5.89 Å². The molecule has 1 heterocycles. The van der Waals surface area contributed by atoms with Crippen LogP contribution in [0, 0.1) is 0 Å². The van der Waals surface area contributed by atoms with Crippen LogP contribution in [0.5, 0.6) is 5.75 Å². The highest BCUT2D eigenvalue weighted by Gasteiger charge is 2.10. The first kappa shape index (κ1) is 11.2. The van der Waals surface area contributed by atoms with Crippen molar-refractivity contribution in [2.45, 2.75) is 6.54 Å². The summed E-state index contributed by atoms with van der Waals surface area (Å²) in [7, 11) is 1.62. The fraction of sp³-hybridized carbons (Fsp3) is 0.182. The molecule has 0 aliphatic rings. The van der Waals surface area contributed by atoms with Crippen LogP contribution >= 0.6 is 15.9 Å². The maximum absolute atomic E-state index is 5.48. The van der Waals surface area contributed by atoms with Gasteiger partial charge in [-0.2, -0.15) is 0 Å². The second-order valence-electron chi connectivity index (χ2n) is 3.17. The van der Waals surface area contributed by atoms with Crippen molar-refractivity contribution in [3.63, 3.8) is 0 Å². The first-order valence-electron chi connectivity index (χ1n) is 4.73. The lowest BCUT2D eigenvalue weighted by Gasteiger charge is -2.04. The van der Waals surface area contributed by atoms with Gasteiger partial charge in [0.1, 0.15) is 5.75 Å². The Bertz CT molecular complexity index is 496. The first-order valence-corrected chi connectivity index (χ1v) is 5.52. The number of rotatable bonds is 3. The molecule has 0 fully saturated rings. The summed E-state index contributed by atoms with van der Waals surface area (Å²) in [6.45, 7) is 0.293. The third-order valence-electron chi connectivity index (χ3n) is 2.17. The van der Waals surface area contributed by atoms with Gasteiger partial charge < -0.3 is 14.9 Å². The number of aromatic nitrogens is 1. The highest BCUT2D eigenvalue weighted by atomic mass is 79.9. The van der Waals surface area contributed by atoms with Gasteiger partial charge in [-0.3, -0.25) is 0 Å². The first-order chi connectivity index (χ1) is 7.74. The number of hydrogen-bond donors (Lipinski definition) is 1. The molecule has 0 radical (unpaired) electrons. The van der Waals surface area contributed by atoms with E-state index in [-0.39, 0.29) is 0 Å². The average molecular weight is 283 g/mol. The molecule has 5 heteroatoms. The molecule has 0 amide bonds. The molecule has 0 saturated heterocycles. The summed E-state index contributed by atoms with van der Waals surface area (Å²) in [5.74, 6) is 1.96. The normalized spacial score (nSPS) is 10.4. The number of benzene rings is 1. The van der Waals surface area contributed by atoms with E-state index in [0.717, 1.165) is 15.8 Å². The van der Waals surface area contributed by atoms with Crippen molar-refractivity contribution in [1.82, 2.24) is 4.98 Å². The highest BCUT2D eigenvalue weighted by molar-refractivity contribution is 9.10. The third kappa shape index (κ3) is 2.10. The number of nitrogens with two attached hydrogens (primary N) is 1. The van der Waals surface area contributed by atoms with Crippen LogP contribution in [0.3, 0.4) is 0 Å². The van der Waals surface area contributed by atoms with E-state index in [9.17, 15) is 0 Å². The monoisotopic (exact) mass is 282 g/mol. The summed E-state index contributed by atoms with van der Waals surface area (Å²) in [5, 5.41) is 0. The van der Waals surface area contributed by atoms with Gasteiger partial charge in [0, 0.05) is 10.0 Å². The predicted octanol–water partition coefficient (Wildman–Crippen LogP) is 2.57. The van der Waals surface area contributed by atoms with Crippen molar-refractivity contribution < 1.29 is 9.15 Å². The molecule has 0 atom stereocenters. The van der Waals surface area contributed by atoms with Gasteiger partial charge in [0.15, 0.2) is 5.76 Å². The van der Waals surface area contributed by atoms with Gasteiger partial charge in [-0.25, -0.2) is 4.98 Å². The van der Waals surface area contributed by atoms with E-state index in [4.69, 9.17) is 14.9 Å². The average Bonchev–Trinajstić information content (AvgIpc) is 2.78. The van der Waals surface area contributed by atoms with Gasteiger partial charge in [-0.05, 0) is 18.2 Å². The van der Waals surface area contributed by atoms with E-state index in [1.165, 1.54) is 0 Å². The van der Waals surface area contributed by atoms with Gasteiger partial charge in [0.05, 0.1) is 19.9 Å². The Morgan fingerprint density at radius 2 is 2.31 bits per heavy atom. The SMILES string of the molecule is COc1ccc(Br)c(-c2cnc(CN)o2)c1. The van der Waals surface area contributed by atoms with Crippen LogP contribution in [-0.2, 0) is 6.54 Å². The maximum Gasteiger partial charge on any atom is 0.208 e. The number of oxazole rings is 1. The topological polar surface area (TPSA) is 61.3 Å². The molecule has 4 nitrogen and oxygen atoms in total. The number of methoxy groups -OCH3 is 1. The molecule has 1 aromatic carbocycles. The molecule has 0 bridgehead atoms. The van der Waals surface area contributed by atoms with E-state index < -0.39 is 0 Å². The summed E-state index contributed by atoms with van der Waals surface area (Å²) in [6, 6.07) is 5.65. The molecule has 2 N–H and O–H groups in total. The van der Waals surface area contributed by atoms with Crippen LogP contribution in [0.4, 0.5) is 0 Å². The zero-order chi connectivity index (χ0) is 11.5. The largest absolute Gasteiger partial charge is 0.497 e. The molecule has 0 aliphatic carbocycles. The van der Waals surface area contributed by atoms with Crippen molar-refractivity contribution in [3.8, 4) is 17.1 Å². The second-order valence-corrected chi connectivity index (χ2v) is 4.02. The van der Waals surface area contributed by atoms with Crippen LogP contribution in [0.1, 0.15) is 5.89 Å². The van der Waals surface area contributed by atoms with Crippen molar-refractivity contribution >= 4 is 15.9 Å². The zero-order valence-corrected chi connectivity index (χ0v) is 10.3. The lowest BCUT2D eigenvalue weighted by atomic mass is 10.2. The minimum Gasteiger partial charge on any atom is -0.497 e. The van der Waals surface area contributed by atoms with Crippen molar-refractivity contribution in [2.75, 3.05) is 7.11 Å². The minimum absolute atomic E-state index is 0.293. The van der Waals surface area contributed by atoms with E-state index >= 15 is 0 Å². The number of hydrogen-bond acceptors (Lipinski definition) is 4. The minimum atomic E-state index is 0.293. The standard InChI is InChI=1S/C11H11BrN2O2/c1-15-7-2-3-9(12)8(4-7)10-6-14-11(5-13)16-10/h2-4,6H,5,13H2,1H3. The van der Waals surface area contributed by atoms with Gasteiger partial charge in [-0.1, -0.05) is 15.9 Å². The third-order valence-corrected chi connectivity index (χ3v) is 2.86. The molecule has 1 aromatic heterocycles. The summed E-state index contributed by atoms with van der Waals surface area (Å²) >= 11 is 3.45. The highest BCUT2D eigenvalue weighted by Crippen LogP contribution is 2.31. The Kier molecular flexibility index (Phi) is 3.26. The fourth-order valence-electron chi connectivity index (χ4n) is 1.35. The Balaban J connectivity index is 2.45. The van der Waals surface area contributed by atoms with Gasteiger partial charge >= 0.3 is 0 Å². The van der Waals surface area contributed by atoms with Crippen molar-refractivity contribution in [2.24, 2.45) is 5.73 Å². The molecule has 0 unspecified atom stereocenters. The molecule has 0 aliphatic heterocycles. The van der Waals surface area contributed by atoms with Crippen LogP contribution in [-0.4, -0.2) is 12.1 Å². The molecule has 84 valence electrons. The molecule has 16 heavy (non-hydrogen) atoms. The van der Waals surface area contributed by atoms with E-state index in [2.05, 4.69) is 20.9 Å². The lowest BCUT2D eigenvalue weighted by molar-refractivity contribution is 0.414. The number of ether oxygens (including phenoxy) is 1. The van der Waals surface area contributed by atoms with E-state index in [1.54, 1.807) is 13.3 Å². The molecular formula is C11H11BrN2O2. The smallest absolute Gasteiger partial charge is 0.208 e. The van der Waals surface area contributed by atoms with Gasteiger partial charge in [0.25, 0.3) is 0 Å². The lowest BCUT2D eigenvalue weighted by Crippen LogP contribution is -1.94. The van der Waals surface area contributed by atoms with E-state index in [0.29, 0.717) is 18.2 Å². The maximum atomic E-state index is 5.48. The molecule has 0 saturated carbocycles. The Morgan fingerprint density at radius 3 is 2.94 bits per heavy atom. The molecular weight excluding hydrogens is 272 g/mol. The second kappa shape index (κ2) is 4.67. The Morgan fingerprint density at radius 1 is 1.50 bits per heavy atom. The Hall–Kier alpha value is -1.33. The number of halogens is 1. The Labute approximate surface area is 102 Å².